The van der Waals surface area contributed by atoms with Crippen molar-refractivity contribution in [2.75, 3.05) is 17.2 Å². The molecule has 1 aromatic carbocycles. The molecule has 0 fully saturated rings. The van der Waals surface area contributed by atoms with E-state index in [0.717, 1.165) is 24.4 Å². The number of carboxylic acids is 2. The van der Waals surface area contributed by atoms with Crippen molar-refractivity contribution in [3.63, 3.8) is 0 Å². The van der Waals surface area contributed by atoms with Crippen LogP contribution in [-0.2, 0) is 9.59 Å². The number of hydrogen-bond acceptors (Lipinski definition) is 8. The van der Waals surface area contributed by atoms with Crippen molar-refractivity contribution in [3.8, 4) is 5.75 Å². The molecule has 0 bridgehead atoms. The summed E-state index contributed by atoms with van der Waals surface area (Å²) < 4.78 is 0.764. The number of nitrogen functional groups attached to an aromatic ring is 1. The van der Waals surface area contributed by atoms with E-state index in [1.807, 2.05) is 0 Å². The minimum Gasteiger partial charge on any atom is 1.00 e. The molecule has 0 saturated heterocycles. The summed E-state index contributed by atoms with van der Waals surface area (Å²) in [6.07, 6.45) is 0. The van der Waals surface area contributed by atoms with Gasteiger partial charge in [-0.25, -0.2) is 0 Å². The van der Waals surface area contributed by atoms with Crippen molar-refractivity contribution >= 4 is 54.4 Å². The Morgan fingerprint density at radius 3 is 2.00 bits per heavy atom. The molecule has 0 saturated carbocycles. The minimum absolute atomic E-state index is 0. The summed E-state index contributed by atoms with van der Waals surface area (Å²) in [7, 11) is 2.32. The Balaban J connectivity index is 0. The van der Waals surface area contributed by atoms with E-state index in [1.165, 1.54) is 6.07 Å². The van der Waals surface area contributed by atoms with Crippen LogP contribution in [0.15, 0.2) is 18.2 Å². The van der Waals surface area contributed by atoms with Crippen molar-refractivity contribution in [3.05, 3.63) is 18.2 Å². The number of carbonyl (C=O) groups excluding carboxylic acids is 2. The summed E-state index contributed by atoms with van der Waals surface area (Å²) >= 11 is -2.03. The van der Waals surface area contributed by atoms with Crippen molar-refractivity contribution in [1.82, 2.24) is 0 Å². The zero-order chi connectivity index (χ0) is 14.4. The maximum Gasteiger partial charge on any atom is 1.00 e. The second-order valence-corrected chi connectivity index (χ2v) is 14.8. The first-order valence-corrected chi connectivity index (χ1v) is 12.4. The van der Waals surface area contributed by atoms with Crippen LogP contribution in [0, 0.1) is 0 Å². The Labute approximate surface area is 177 Å². The van der Waals surface area contributed by atoms with Gasteiger partial charge in [-0.15, -0.1) is 0 Å². The van der Waals surface area contributed by atoms with Gasteiger partial charge in [0.15, 0.2) is 0 Å². The first-order chi connectivity index (χ1) is 8.90. The third-order valence-corrected chi connectivity index (χ3v) is 14.5. The molecule has 0 heterocycles. The summed E-state index contributed by atoms with van der Waals surface area (Å²) in [5, 5.41) is 30.3. The molecule has 0 spiro atoms. The number of aliphatic carboxylic acids is 2. The van der Waals surface area contributed by atoms with E-state index in [4.69, 9.17) is 5.73 Å². The fraction of sp³-hybridized carbons (Fsp3) is 0.200. The molecule has 0 amide bonds. The normalized spacial score (nSPS) is 9.57. The Morgan fingerprint density at radius 2 is 1.62 bits per heavy atom. The second-order valence-electron chi connectivity index (χ2n) is 3.29. The van der Waals surface area contributed by atoms with E-state index in [0.29, 0.717) is 0 Å². The third kappa shape index (κ3) is 9.68. The van der Waals surface area contributed by atoms with E-state index < -0.39 is 24.3 Å². The first kappa shape index (κ1) is 24.3. The van der Waals surface area contributed by atoms with Crippen LogP contribution in [0.3, 0.4) is 0 Å². The largest absolute Gasteiger partial charge is 1.00 e. The molecule has 0 unspecified atom stereocenters. The topological polar surface area (TPSA) is 127 Å². The predicted molar refractivity (Wildman–Crippen MR) is 72.8 cm³/mol. The van der Waals surface area contributed by atoms with Gasteiger partial charge in [-0.3, -0.25) is 0 Å². The summed E-state index contributed by atoms with van der Waals surface area (Å²) in [6, 6.07) is 4.57. The van der Waals surface area contributed by atoms with Gasteiger partial charge in [-0.1, -0.05) is 0 Å². The summed E-state index contributed by atoms with van der Waals surface area (Å²) in [6.45, 7) is 0. The number of aromatic hydroxyl groups is 1. The van der Waals surface area contributed by atoms with E-state index >= 15 is 0 Å². The van der Waals surface area contributed by atoms with Crippen LogP contribution in [0.2, 0.25) is 0 Å². The molecule has 11 heteroatoms. The maximum absolute atomic E-state index is 10.5. The van der Waals surface area contributed by atoms with Gasteiger partial charge < -0.3 is 0 Å². The second kappa shape index (κ2) is 12.4. The molecule has 3 N–H and O–H groups in total. The van der Waals surface area contributed by atoms with Gasteiger partial charge in [0.25, 0.3) is 0 Å². The monoisotopic (exact) mass is 409 g/mol. The standard InChI is InChI=1S/C10H12AsNO5S2.2Na/c12-7-3-6(1-2-8(7)13)11(18-4-9(14)15)19-5-10(16)17;;/h1-3,13H,4-5,12H2,(H,14,15)(H,16,17);;/q;2*+1/p-2. The molecule has 1 aromatic rings. The van der Waals surface area contributed by atoms with Crippen LogP contribution in [0.4, 0.5) is 5.69 Å². The molecular formula is C10H10AsNNa2O5S2. The molecule has 0 aliphatic rings. The number of nitrogens with two attached hydrogens (primary N) is 1. The van der Waals surface area contributed by atoms with Crippen molar-refractivity contribution in [2.45, 2.75) is 0 Å². The average molecular weight is 409 g/mol. The van der Waals surface area contributed by atoms with Crippen molar-refractivity contribution < 1.29 is 84.0 Å². The molecule has 1 rings (SSSR count). The van der Waals surface area contributed by atoms with Gasteiger partial charge in [-0.05, 0) is 0 Å². The molecule has 21 heavy (non-hydrogen) atoms. The van der Waals surface area contributed by atoms with Gasteiger partial charge in [0.1, 0.15) is 0 Å². The van der Waals surface area contributed by atoms with Crippen molar-refractivity contribution in [1.29, 1.82) is 0 Å². The van der Waals surface area contributed by atoms with E-state index in [9.17, 15) is 24.9 Å². The fourth-order valence-corrected chi connectivity index (χ4v) is 11.9. The Kier molecular flexibility index (Phi) is 14.4. The summed E-state index contributed by atoms with van der Waals surface area (Å²) in [5.74, 6) is -2.88. The molecule has 104 valence electrons. The molecule has 0 aliphatic carbocycles. The zero-order valence-electron chi connectivity index (χ0n) is 11.6. The smallest absolute Gasteiger partial charge is 1.00 e. The predicted octanol–water partition coefficient (Wildman–Crippen LogP) is -8.36. The number of carboxylic acid groups (broad SMARTS) is 2. The Morgan fingerprint density at radius 1 is 1.14 bits per heavy atom. The van der Waals surface area contributed by atoms with Gasteiger partial charge in [0.2, 0.25) is 0 Å². The quantitative estimate of drug-likeness (QED) is 0.258. The number of phenolic OH excluding ortho intramolecular Hbond substituents is 1. The Hall–Kier alpha value is 1.02. The fourth-order valence-electron chi connectivity index (χ4n) is 1.06. The van der Waals surface area contributed by atoms with Gasteiger partial charge in [0.05, 0.1) is 0 Å². The average Bonchev–Trinajstić information content (AvgIpc) is 2.32. The summed E-state index contributed by atoms with van der Waals surface area (Å²) in [4.78, 5) is 21.0. The Bertz CT molecular complexity index is 477. The number of anilines is 1. The van der Waals surface area contributed by atoms with E-state index in [2.05, 4.69) is 0 Å². The van der Waals surface area contributed by atoms with Crippen LogP contribution in [-0.4, -0.2) is 40.9 Å². The molecule has 0 atom stereocenters. The van der Waals surface area contributed by atoms with Gasteiger partial charge in [-0.2, -0.15) is 0 Å². The van der Waals surface area contributed by atoms with Crippen molar-refractivity contribution in [2.24, 2.45) is 0 Å². The number of hydrogen-bond donors (Lipinski definition) is 2. The number of rotatable bonds is 7. The molecule has 6 nitrogen and oxygen atoms in total. The molecular weight excluding hydrogens is 399 g/mol. The van der Waals surface area contributed by atoms with E-state index in [1.54, 1.807) is 12.1 Å². The molecule has 0 radical (unpaired) electrons. The maximum atomic E-state index is 10.5. The van der Waals surface area contributed by atoms with Crippen LogP contribution in [0.25, 0.3) is 0 Å². The molecule has 0 aromatic heterocycles. The zero-order valence-corrected chi connectivity index (χ0v) is 19.1. The van der Waals surface area contributed by atoms with Crippen LogP contribution in [0.1, 0.15) is 0 Å². The number of carbonyl (C=O) groups is 2. The van der Waals surface area contributed by atoms with Crippen LogP contribution in [0.5, 0.6) is 5.75 Å². The number of benzene rings is 1. The van der Waals surface area contributed by atoms with E-state index in [-0.39, 0.29) is 82.1 Å². The summed E-state index contributed by atoms with van der Waals surface area (Å²) in [5.41, 5.74) is 5.75. The first-order valence-electron chi connectivity index (χ1n) is 4.94. The van der Waals surface area contributed by atoms with Crippen LogP contribution < -0.4 is 79.4 Å². The van der Waals surface area contributed by atoms with Gasteiger partial charge >= 0.3 is 180 Å². The van der Waals surface area contributed by atoms with Gasteiger partial charge in [0, 0.05) is 0 Å². The van der Waals surface area contributed by atoms with Crippen LogP contribution >= 0.6 is 20.0 Å². The minimum atomic E-state index is -2.03. The third-order valence-electron chi connectivity index (χ3n) is 1.82. The number of phenols is 1. The molecule has 0 aliphatic heterocycles. The SMILES string of the molecule is Nc1cc([As](SCC(=O)[O-])SCC(=O)[O-])ccc1O.[Na+].[Na+].